The van der Waals surface area contributed by atoms with Gasteiger partial charge in [0.1, 0.15) is 0 Å². The molecule has 1 spiro atoms. The summed E-state index contributed by atoms with van der Waals surface area (Å²) in [6.07, 6.45) is 2.44. The fraction of sp³-hybridized carbons (Fsp3) is 0.353. The third-order valence-corrected chi connectivity index (χ3v) is 4.88. The van der Waals surface area contributed by atoms with Crippen LogP contribution >= 0.6 is 0 Å². The second-order valence-electron chi connectivity index (χ2n) is 6.28. The third kappa shape index (κ3) is 1.69. The number of carboxylic acid groups (broad SMARTS) is 1. The maximum atomic E-state index is 11.0. The van der Waals surface area contributed by atoms with Crippen LogP contribution in [0, 0.1) is 5.41 Å². The minimum atomic E-state index is -0.778. The molecule has 2 aliphatic rings. The van der Waals surface area contributed by atoms with Gasteiger partial charge < -0.3 is 10.0 Å². The number of rotatable bonds is 0. The minimum absolute atomic E-state index is 0.202. The molecule has 0 unspecified atom stereocenters. The molecule has 1 N–H and O–H groups in total. The molecule has 3 nitrogen and oxygen atoms in total. The fourth-order valence-corrected chi connectivity index (χ4v) is 3.79. The molecule has 20 heavy (non-hydrogen) atoms. The van der Waals surface area contributed by atoms with Gasteiger partial charge >= 0.3 is 6.09 Å². The molecule has 2 aromatic carbocycles. The Bertz CT molecular complexity index is 701. The maximum Gasteiger partial charge on any atom is 0.407 e. The Hall–Kier alpha value is -2.03. The SMILES string of the molecule is O=C(O)N1CC2(CCc3cc4ccccc4cc3C2)C1. The van der Waals surface area contributed by atoms with E-state index in [2.05, 4.69) is 36.4 Å². The van der Waals surface area contributed by atoms with Gasteiger partial charge in [0.25, 0.3) is 0 Å². The molecule has 1 fully saturated rings. The first kappa shape index (κ1) is 11.8. The summed E-state index contributed by atoms with van der Waals surface area (Å²) in [5, 5.41) is 11.6. The highest BCUT2D eigenvalue weighted by atomic mass is 16.4. The number of carbonyl (C=O) groups is 1. The van der Waals surface area contributed by atoms with Crippen molar-refractivity contribution >= 4 is 16.9 Å². The predicted molar refractivity (Wildman–Crippen MR) is 78.0 cm³/mol. The van der Waals surface area contributed by atoms with Crippen LogP contribution in [0.25, 0.3) is 10.8 Å². The lowest BCUT2D eigenvalue weighted by Crippen LogP contribution is -2.60. The Kier molecular flexibility index (Phi) is 2.34. The molecule has 1 saturated heterocycles. The molecule has 0 radical (unpaired) electrons. The Morgan fingerprint density at radius 2 is 1.75 bits per heavy atom. The maximum absolute atomic E-state index is 11.0. The van der Waals surface area contributed by atoms with Crippen LogP contribution in [0.3, 0.4) is 0 Å². The lowest BCUT2D eigenvalue weighted by molar-refractivity contribution is 0.000780. The van der Waals surface area contributed by atoms with Crippen molar-refractivity contribution in [1.82, 2.24) is 4.90 Å². The average Bonchev–Trinajstić information content (AvgIpc) is 2.41. The number of fused-ring (bicyclic) bond motifs is 2. The van der Waals surface area contributed by atoms with Crippen molar-refractivity contribution in [2.45, 2.75) is 19.3 Å². The Balaban J connectivity index is 1.66. The Morgan fingerprint density at radius 1 is 1.10 bits per heavy atom. The Labute approximate surface area is 117 Å². The van der Waals surface area contributed by atoms with Crippen LogP contribution < -0.4 is 0 Å². The summed E-state index contributed by atoms with van der Waals surface area (Å²) in [4.78, 5) is 12.5. The molecule has 1 aliphatic carbocycles. The highest BCUT2D eigenvalue weighted by Gasteiger charge is 2.46. The van der Waals surface area contributed by atoms with Crippen LogP contribution in [0.15, 0.2) is 36.4 Å². The van der Waals surface area contributed by atoms with E-state index < -0.39 is 6.09 Å². The first-order valence-corrected chi connectivity index (χ1v) is 7.14. The first-order valence-electron chi connectivity index (χ1n) is 7.14. The van der Waals surface area contributed by atoms with Gasteiger partial charge in [-0.25, -0.2) is 4.79 Å². The summed E-state index contributed by atoms with van der Waals surface area (Å²) in [6, 6.07) is 13.1. The van der Waals surface area contributed by atoms with Gasteiger partial charge in [0.15, 0.2) is 0 Å². The predicted octanol–water partition coefficient (Wildman–Crippen LogP) is 3.31. The topological polar surface area (TPSA) is 40.5 Å². The molecule has 0 bridgehead atoms. The van der Waals surface area contributed by atoms with Crippen LogP contribution in [0.2, 0.25) is 0 Å². The summed E-state index contributed by atoms with van der Waals surface area (Å²) < 4.78 is 0. The molecule has 3 heteroatoms. The molecule has 1 heterocycles. The van der Waals surface area contributed by atoms with Crippen molar-refractivity contribution in [2.75, 3.05) is 13.1 Å². The van der Waals surface area contributed by atoms with E-state index in [9.17, 15) is 4.79 Å². The summed E-state index contributed by atoms with van der Waals surface area (Å²) in [6.45, 7) is 1.41. The van der Waals surface area contributed by atoms with E-state index >= 15 is 0 Å². The normalized spacial score (nSPS) is 19.7. The molecule has 1 aliphatic heterocycles. The third-order valence-electron chi connectivity index (χ3n) is 4.88. The average molecular weight is 267 g/mol. The van der Waals surface area contributed by atoms with Crippen molar-refractivity contribution < 1.29 is 9.90 Å². The fourth-order valence-electron chi connectivity index (χ4n) is 3.79. The molecule has 0 atom stereocenters. The molecule has 2 aromatic rings. The van der Waals surface area contributed by atoms with Crippen LogP contribution in [0.4, 0.5) is 4.79 Å². The molecular weight excluding hydrogens is 250 g/mol. The summed E-state index contributed by atoms with van der Waals surface area (Å²) in [5.74, 6) is 0. The van der Waals surface area contributed by atoms with Crippen LogP contribution in [0.1, 0.15) is 17.5 Å². The van der Waals surface area contributed by atoms with Gasteiger partial charge in [-0.1, -0.05) is 36.4 Å². The van der Waals surface area contributed by atoms with Gasteiger partial charge in [-0.3, -0.25) is 0 Å². The first-order chi connectivity index (χ1) is 9.65. The quantitative estimate of drug-likeness (QED) is 0.795. The molecule has 4 rings (SSSR count). The van der Waals surface area contributed by atoms with E-state index in [1.54, 1.807) is 0 Å². The van der Waals surface area contributed by atoms with E-state index in [0.29, 0.717) is 13.1 Å². The number of aryl methyl sites for hydroxylation is 1. The van der Waals surface area contributed by atoms with Gasteiger partial charge in [-0.05, 0) is 41.2 Å². The number of benzene rings is 2. The van der Waals surface area contributed by atoms with Crippen molar-refractivity contribution in [2.24, 2.45) is 5.41 Å². The lowest BCUT2D eigenvalue weighted by Gasteiger charge is -2.51. The van der Waals surface area contributed by atoms with Crippen molar-refractivity contribution in [1.29, 1.82) is 0 Å². The number of nitrogens with zero attached hydrogens (tertiary/aromatic N) is 1. The van der Waals surface area contributed by atoms with Crippen molar-refractivity contribution in [3.8, 4) is 0 Å². The van der Waals surface area contributed by atoms with Gasteiger partial charge in [0.2, 0.25) is 0 Å². The van der Waals surface area contributed by atoms with E-state index in [0.717, 1.165) is 19.3 Å². The largest absolute Gasteiger partial charge is 0.465 e. The highest BCUT2D eigenvalue weighted by molar-refractivity contribution is 5.84. The van der Waals surface area contributed by atoms with Crippen molar-refractivity contribution in [3.63, 3.8) is 0 Å². The lowest BCUT2D eigenvalue weighted by atomic mass is 9.66. The smallest absolute Gasteiger partial charge is 0.407 e. The summed E-state index contributed by atoms with van der Waals surface area (Å²) in [7, 11) is 0. The molecule has 102 valence electrons. The monoisotopic (exact) mass is 267 g/mol. The zero-order chi connectivity index (χ0) is 13.7. The second-order valence-corrected chi connectivity index (χ2v) is 6.28. The standard InChI is InChI=1S/C17H17NO2/c19-16(20)18-10-17(11-18)6-5-14-7-12-3-1-2-4-13(12)8-15(14)9-17/h1-4,7-8H,5-6,9-11H2,(H,19,20). The van der Waals surface area contributed by atoms with Crippen LogP contribution in [-0.4, -0.2) is 29.2 Å². The number of hydrogen-bond donors (Lipinski definition) is 1. The van der Waals surface area contributed by atoms with Gasteiger partial charge in [0.05, 0.1) is 0 Å². The zero-order valence-corrected chi connectivity index (χ0v) is 11.3. The number of likely N-dealkylation sites (tertiary alicyclic amines) is 1. The molecule has 0 aromatic heterocycles. The zero-order valence-electron chi connectivity index (χ0n) is 11.3. The van der Waals surface area contributed by atoms with E-state index in [-0.39, 0.29) is 5.41 Å². The van der Waals surface area contributed by atoms with E-state index in [1.165, 1.54) is 26.8 Å². The van der Waals surface area contributed by atoms with Gasteiger partial charge in [0, 0.05) is 18.5 Å². The van der Waals surface area contributed by atoms with E-state index in [4.69, 9.17) is 5.11 Å². The molecule has 0 saturated carbocycles. The van der Waals surface area contributed by atoms with Crippen LogP contribution in [0.5, 0.6) is 0 Å². The molecule has 1 amide bonds. The number of hydrogen-bond acceptors (Lipinski definition) is 1. The highest BCUT2D eigenvalue weighted by Crippen LogP contribution is 2.43. The number of amides is 1. The van der Waals surface area contributed by atoms with Gasteiger partial charge in [-0.2, -0.15) is 0 Å². The van der Waals surface area contributed by atoms with E-state index in [1.807, 2.05) is 0 Å². The minimum Gasteiger partial charge on any atom is -0.465 e. The Morgan fingerprint density at radius 3 is 2.40 bits per heavy atom. The van der Waals surface area contributed by atoms with Crippen molar-refractivity contribution in [3.05, 3.63) is 47.5 Å². The van der Waals surface area contributed by atoms with Gasteiger partial charge in [-0.15, -0.1) is 0 Å². The summed E-state index contributed by atoms with van der Waals surface area (Å²) in [5.41, 5.74) is 3.07. The second kappa shape index (κ2) is 3.98. The van der Waals surface area contributed by atoms with Crippen LogP contribution in [-0.2, 0) is 12.8 Å². The summed E-state index contributed by atoms with van der Waals surface area (Å²) >= 11 is 0. The molecular formula is C17H17NO2.